The maximum atomic E-state index is 12.4. The molecule has 1 aromatic carbocycles. The molecule has 0 spiro atoms. The fourth-order valence-electron chi connectivity index (χ4n) is 3.08. The molecule has 0 saturated carbocycles. The highest BCUT2D eigenvalue weighted by Gasteiger charge is 2.30. The smallest absolute Gasteiger partial charge is 0.244 e. The number of carbonyl (C=O) groups is 1. The molecule has 1 aliphatic rings. The van der Waals surface area contributed by atoms with Crippen molar-refractivity contribution >= 4 is 5.91 Å². The van der Waals surface area contributed by atoms with E-state index in [9.17, 15) is 4.79 Å². The van der Waals surface area contributed by atoms with Gasteiger partial charge in [-0.15, -0.1) is 0 Å². The highest BCUT2D eigenvalue weighted by molar-refractivity contribution is 5.80. The Morgan fingerprint density at radius 1 is 1.21 bits per heavy atom. The van der Waals surface area contributed by atoms with Crippen molar-refractivity contribution < 1.29 is 4.79 Å². The molecule has 2 heterocycles. The summed E-state index contributed by atoms with van der Waals surface area (Å²) in [6.45, 7) is 6.76. The van der Waals surface area contributed by atoms with Crippen LogP contribution < -0.4 is 16.2 Å². The Balaban J connectivity index is 1.61. The third-order valence-corrected chi connectivity index (χ3v) is 4.82. The quantitative estimate of drug-likeness (QED) is 0.782. The minimum Gasteiger partial charge on any atom is -0.354 e. The largest absolute Gasteiger partial charge is 0.354 e. The van der Waals surface area contributed by atoms with Gasteiger partial charge in [-0.05, 0) is 26.3 Å². The van der Waals surface area contributed by atoms with Crippen LogP contribution >= 0.6 is 0 Å². The Bertz CT molecular complexity index is 674. The zero-order valence-corrected chi connectivity index (χ0v) is 14.4. The lowest BCUT2D eigenvalue weighted by atomic mass is 9.97. The van der Waals surface area contributed by atoms with Gasteiger partial charge in [0.2, 0.25) is 5.91 Å². The summed E-state index contributed by atoms with van der Waals surface area (Å²) in [7, 11) is 0. The van der Waals surface area contributed by atoms with Crippen molar-refractivity contribution in [2.45, 2.75) is 38.9 Å². The molecule has 3 N–H and O–H groups in total. The predicted molar refractivity (Wildman–Crippen MR) is 94.1 cm³/mol. The van der Waals surface area contributed by atoms with E-state index in [2.05, 4.69) is 35.1 Å². The first-order chi connectivity index (χ1) is 11.6. The summed E-state index contributed by atoms with van der Waals surface area (Å²) >= 11 is 0. The lowest BCUT2D eigenvalue weighted by molar-refractivity contribution is -0.124. The summed E-state index contributed by atoms with van der Waals surface area (Å²) in [6.07, 6.45) is 3.72. The number of aromatic nitrogens is 2. The molecule has 6 heteroatoms. The van der Waals surface area contributed by atoms with Gasteiger partial charge in [-0.25, -0.2) is 0 Å². The molecule has 24 heavy (non-hydrogen) atoms. The van der Waals surface area contributed by atoms with E-state index < -0.39 is 0 Å². The number of rotatable bonds is 5. The number of hydrogen-bond acceptors (Lipinski definition) is 4. The Kier molecular flexibility index (Phi) is 4.97. The molecule has 3 atom stereocenters. The van der Waals surface area contributed by atoms with E-state index in [0.717, 1.165) is 11.1 Å². The molecule has 3 unspecified atom stereocenters. The van der Waals surface area contributed by atoms with Crippen molar-refractivity contribution in [3.05, 3.63) is 42.7 Å². The normalized spacial score (nSPS) is 24.7. The van der Waals surface area contributed by atoms with Crippen LogP contribution in [0.4, 0.5) is 0 Å². The average molecular weight is 327 g/mol. The first-order valence-corrected chi connectivity index (χ1v) is 8.44. The molecule has 1 aromatic heterocycles. The van der Waals surface area contributed by atoms with Gasteiger partial charge >= 0.3 is 0 Å². The first-order valence-electron chi connectivity index (χ1n) is 8.44. The van der Waals surface area contributed by atoms with Crippen molar-refractivity contribution in [1.29, 1.82) is 0 Å². The van der Waals surface area contributed by atoms with E-state index >= 15 is 0 Å². The summed E-state index contributed by atoms with van der Waals surface area (Å²) in [5.41, 5.74) is 8.53. The van der Waals surface area contributed by atoms with Crippen LogP contribution in [0.1, 0.15) is 26.8 Å². The number of carbonyl (C=O) groups excluding carboxylic acids is 1. The summed E-state index contributed by atoms with van der Waals surface area (Å²) in [5, 5.41) is 7.41. The van der Waals surface area contributed by atoms with Crippen molar-refractivity contribution in [3.8, 4) is 11.1 Å². The number of hydrogen-bond donors (Lipinski definition) is 3. The standard InChI is InChI=1S/C18H25N5O/c1-12-17(13(2)22-21-12)10-19-18(24)14(3)23-11-16(9-20-23)15-7-5-4-6-8-15/h4-9,11-14,17,21-22H,10H2,1-3H3,(H,19,24). The third-order valence-electron chi connectivity index (χ3n) is 4.82. The summed E-state index contributed by atoms with van der Waals surface area (Å²) < 4.78 is 1.72. The lowest BCUT2D eigenvalue weighted by Crippen LogP contribution is -2.39. The Labute approximate surface area is 142 Å². The van der Waals surface area contributed by atoms with Crippen LogP contribution in [0.3, 0.4) is 0 Å². The van der Waals surface area contributed by atoms with Gasteiger partial charge in [0.1, 0.15) is 6.04 Å². The van der Waals surface area contributed by atoms with E-state index in [1.54, 1.807) is 10.9 Å². The summed E-state index contributed by atoms with van der Waals surface area (Å²) in [4.78, 5) is 12.4. The Morgan fingerprint density at radius 2 is 1.88 bits per heavy atom. The second kappa shape index (κ2) is 7.15. The van der Waals surface area contributed by atoms with Crippen LogP contribution in [0.2, 0.25) is 0 Å². The number of hydrazine groups is 1. The molecule has 128 valence electrons. The van der Waals surface area contributed by atoms with Gasteiger partial charge < -0.3 is 5.32 Å². The van der Waals surface area contributed by atoms with Crippen LogP contribution in [0, 0.1) is 5.92 Å². The molecule has 0 aliphatic carbocycles. The summed E-state index contributed by atoms with van der Waals surface area (Å²) in [5.74, 6) is 0.364. The van der Waals surface area contributed by atoms with Gasteiger partial charge in [0.25, 0.3) is 0 Å². The maximum absolute atomic E-state index is 12.4. The van der Waals surface area contributed by atoms with Crippen LogP contribution in [0.25, 0.3) is 11.1 Å². The Morgan fingerprint density at radius 3 is 2.54 bits per heavy atom. The van der Waals surface area contributed by atoms with Crippen molar-refractivity contribution in [2.24, 2.45) is 5.92 Å². The third kappa shape index (κ3) is 3.49. The van der Waals surface area contributed by atoms with Crippen molar-refractivity contribution in [1.82, 2.24) is 25.9 Å². The first kappa shape index (κ1) is 16.7. The zero-order chi connectivity index (χ0) is 17.1. The van der Waals surface area contributed by atoms with Crippen LogP contribution in [-0.2, 0) is 4.79 Å². The van der Waals surface area contributed by atoms with Crippen LogP contribution in [-0.4, -0.2) is 34.3 Å². The van der Waals surface area contributed by atoms with E-state index in [0.29, 0.717) is 24.5 Å². The molecule has 1 aliphatic heterocycles. The van der Waals surface area contributed by atoms with E-state index in [-0.39, 0.29) is 11.9 Å². The molecule has 1 fully saturated rings. The predicted octanol–water partition coefficient (Wildman–Crippen LogP) is 1.73. The monoisotopic (exact) mass is 327 g/mol. The molecule has 0 bridgehead atoms. The van der Waals surface area contributed by atoms with E-state index in [4.69, 9.17) is 0 Å². The summed E-state index contributed by atoms with van der Waals surface area (Å²) in [6, 6.07) is 10.4. The second-order valence-electron chi connectivity index (χ2n) is 6.53. The number of nitrogens with zero attached hydrogens (tertiary/aromatic N) is 2. The van der Waals surface area contributed by atoms with E-state index in [1.807, 2.05) is 43.5 Å². The Hall–Kier alpha value is -2.18. The van der Waals surface area contributed by atoms with Crippen LogP contribution in [0.5, 0.6) is 0 Å². The minimum absolute atomic E-state index is 0.0102. The molecule has 2 aromatic rings. The average Bonchev–Trinajstić information content (AvgIpc) is 3.21. The number of benzene rings is 1. The highest BCUT2D eigenvalue weighted by atomic mass is 16.2. The molecule has 1 saturated heterocycles. The topological polar surface area (TPSA) is 71.0 Å². The lowest BCUT2D eigenvalue weighted by Gasteiger charge is -2.20. The van der Waals surface area contributed by atoms with Crippen molar-refractivity contribution in [3.63, 3.8) is 0 Å². The second-order valence-corrected chi connectivity index (χ2v) is 6.53. The molecular weight excluding hydrogens is 302 g/mol. The van der Waals surface area contributed by atoms with Crippen LogP contribution in [0.15, 0.2) is 42.7 Å². The minimum atomic E-state index is -0.338. The van der Waals surface area contributed by atoms with Gasteiger partial charge in [-0.3, -0.25) is 20.3 Å². The van der Waals surface area contributed by atoms with Gasteiger partial charge in [0.05, 0.1) is 6.20 Å². The van der Waals surface area contributed by atoms with Gasteiger partial charge in [-0.1, -0.05) is 30.3 Å². The molecule has 6 nitrogen and oxygen atoms in total. The number of nitrogens with one attached hydrogen (secondary N) is 3. The SMILES string of the molecule is CC1NNC(C)C1CNC(=O)C(C)n1cc(-c2ccccc2)cn1. The van der Waals surface area contributed by atoms with Gasteiger partial charge in [0, 0.05) is 36.3 Å². The maximum Gasteiger partial charge on any atom is 0.244 e. The van der Waals surface area contributed by atoms with Crippen molar-refractivity contribution in [2.75, 3.05) is 6.54 Å². The molecule has 3 rings (SSSR count). The molecule has 1 amide bonds. The highest BCUT2D eigenvalue weighted by Crippen LogP contribution is 2.19. The zero-order valence-electron chi connectivity index (χ0n) is 14.4. The van der Waals surface area contributed by atoms with Gasteiger partial charge in [-0.2, -0.15) is 5.10 Å². The fourth-order valence-corrected chi connectivity index (χ4v) is 3.08. The molecular formula is C18H25N5O. The van der Waals surface area contributed by atoms with Gasteiger partial charge in [0.15, 0.2) is 0 Å². The number of amides is 1. The van der Waals surface area contributed by atoms with E-state index in [1.165, 1.54) is 0 Å². The molecule has 0 radical (unpaired) electrons. The fraction of sp³-hybridized carbons (Fsp3) is 0.444.